The molecule has 0 aromatic heterocycles. The SMILES string of the molecule is CCC(=O)N[C@H]1C(C)(C)[C@@H]2C[C@@H]3[C@@H](CC)OCC[C@@]31C2. The van der Waals surface area contributed by atoms with Gasteiger partial charge in [0.05, 0.1) is 6.10 Å². The van der Waals surface area contributed by atoms with E-state index in [-0.39, 0.29) is 11.3 Å². The van der Waals surface area contributed by atoms with E-state index in [1.54, 1.807) is 0 Å². The fourth-order valence-electron chi connectivity index (χ4n) is 5.58. The summed E-state index contributed by atoms with van der Waals surface area (Å²) in [5, 5.41) is 3.39. The van der Waals surface area contributed by atoms with Crippen molar-refractivity contribution in [1.82, 2.24) is 5.32 Å². The lowest BCUT2D eigenvalue weighted by molar-refractivity contribution is -0.136. The molecule has 5 atom stereocenters. The normalized spacial score (nSPS) is 45.2. The van der Waals surface area contributed by atoms with Gasteiger partial charge in [0.25, 0.3) is 0 Å². The van der Waals surface area contributed by atoms with E-state index < -0.39 is 0 Å². The highest BCUT2D eigenvalue weighted by molar-refractivity contribution is 5.76. The van der Waals surface area contributed by atoms with E-state index in [9.17, 15) is 4.79 Å². The number of ether oxygens (including phenoxy) is 1. The van der Waals surface area contributed by atoms with Gasteiger partial charge in [0.2, 0.25) is 5.91 Å². The number of fused-ring (bicyclic) bond motifs is 1. The van der Waals surface area contributed by atoms with E-state index in [1.807, 2.05) is 6.92 Å². The molecule has 1 aliphatic heterocycles. The van der Waals surface area contributed by atoms with E-state index in [2.05, 4.69) is 26.1 Å². The Hall–Kier alpha value is -0.570. The Morgan fingerprint density at radius 1 is 1.35 bits per heavy atom. The first-order valence-corrected chi connectivity index (χ1v) is 8.36. The number of rotatable bonds is 3. The predicted molar refractivity (Wildman–Crippen MR) is 79.3 cm³/mol. The van der Waals surface area contributed by atoms with Gasteiger partial charge in [-0.3, -0.25) is 4.79 Å². The summed E-state index contributed by atoms with van der Waals surface area (Å²) in [6, 6.07) is 0.337. The second-order valence-corrected chi connectivity index (χ2v) is 7.72. The van der Waals surface area contributed by atoms with Crippen molar-refractivity contribution in [3.63, 3.8) is 0 Å². The Kier molecular flexibility index (Phi) is 3.39. The Balaban J connectivity index is 1.93. The van der Waals surface area contributed by atoms with Crippen molar-refractivity contribution < 1.29 is 9.53 Å². The zero-order valence-electron chi connectivity index (χ0n) is 13.4. The highest BCUT2D eigenvalue weighted by Crippen LogP contribution is 2.68. The zero-order valence-corrected chi connectivity index (χ0v) is 13.4. The Morgan fingerprint density at radius 3 is 2.75 bits per heavy atom. The molecule has 114 valence electrons. The molecule has 2 aliphatic carbocycles. The van der Waals surface area contributed by atoms with Crippen LogP contribution in [0.1, 0.15) is 59.8 Å². The van der Waals surface area contributed by atoms with Crippen molar-refractivity contribution in [2.45, 2.75) is 71.9 Å². The van der Waals surface area contributed by atoms with Crippen LogP contribution in [0, 0.1) is 22.7 Å². The number of amides is 1. The van der Waals surface area contributed by atoms with Crippen molar-refractivity contribution in [1.29, 1.82) is 0 Å². The maximum atomic E-state index is 12.0. The van der Waals surface area contributed by atoms with Crippen LogP contribution in [0.5, 0.6) is 0 Å². The number of nitrogens with one attached hydrogen (secondary N) is 1. The third-order valence-electron chi connectivity index (χ3n) is 6.65. The molecule has 0 radical (unpaired) electrons. The lowest BCUT2D eigenvalue weighted by Gasteiger charge is -2.53. The second kappa shape index (κ2) is 4.72. The van der Waals surface area contributed by atoms with E-state index in [4.69, 9.17) is 4.74 Å². The third-order valence-corrected chi connectivity index (χ3v) is 6.65. The summed E-state index contributed by atoms with van der Waals surface area (Å²) in [6.07, 6.45) is 5.82. The number of carbonyl (C=O) groups is 1. The summed E-state index contributed by atoms with van der Waals surface area (Å²) < 4.78 is 6.02. The molecular weight excluding hydrogens is 250 g/mol. The van der Waals surface area contributed by atoms with Gasteiger partial charge in [-0.25, -0.2) is 0 Å². The van der Waals surface area contributed by atoms with Gasteiger partial charge in [-0.2, -0.15) is 0 Å². The fraction of sp³-hybridized carbons (Fsp3) is 0.941. The first-order chi connectivity index (χ1) is 9.45. The van der Waals surface area contributed by atoms with Crippen LogP contribution < -0.4 is 5.32 Å². The first kappa shape index (κ1) is 14.4. The van der Waals surface area contributed by atoms with Gasteiger partial charge in [0.1, 0.15) is 0 Å². The zero-order chi connectivity index (χ0) is 14.5. The third kappa shape index (κ3) is 1.78. The smallest absolute Gasteiger partial charge is 0.219 e. The molecule has 2 saturated carbocycles. The van der Waals surface area contributed by atoms with Crippen LogP contribution in [0.2, 0.25) is 0 Å². The largest absolute Gasteiger partial charge is 0.378 e. The van der Waals surface area contributed by atoms with Gasteiger partial charge < -0.3 is 10.1 Å². The monoisotopic (exact) mass is 279 g/mol. The van der Waals surface area contributed by atoms with Crippen LogP contribution in [0.4, 0.5) is 0 Å². The molecule has 0 unspecified atom stereocenters. The molecule has 1 spiro atoms. The van der Waals surface area contributed by atoms with Crippen LogP contribution in [-0.4, -0.2) is 24.7 Å². The predicted octanol–water partition coefficient (Wildman–Crippen LogP) is 3.13. The molecular formula is C17H29NO2. The average molecular weight is 279 g/mol. The van der Waals surface area contributed by atoms with Crippen molar-refractivity contribution in [2.24, 2.45) is 22.7 Å². The molecule has 3 nitrogen and oxygen atoms in total. The molecule has 1 amide bonds. The van der Waals surface area contributed by atoms with Gasteiger partial charge in [0.15, 0.2) is 0 Å². The molecule has 3 aliphatic rings. The quantitative estimate of drug-likeness (QED) is 0.862. The molecule has 2 bridgehead atoms. The fourth-order valence-corrected chi connectivity index (χ4v) is 5.58. The molecule has 3 fully saturated rings. The number of hydrogen-bond acceptors (Lipinski definition) is 2. The number of hydrogen-bond donors (Lipinski definition) is 1. The summed E-state index contributed by atoms with van der Waals surface area (Å²) in [5.74, 6) is 1.61. The lowest BCUT2D eigenvalue weighted by Crippen LogP contribution is -2.60. The molecule has 3 heteroatoms. The van der Waals surface area contributed by atoms with Crippen molar-refractivity contribution >= 4 is 5.91 Å². The van der Waals surface area contributed by atoms with Gasteiger partial charge in [0, 0.05) is 19.1 Å². The Morgan fingerprint density at radius 2 is 2.10 bits per heavy atom. The lowest BCUT2D eigenvalue weighted by atomic mass is 9.59. The minimum absolute atomic E-state index is 0.211. The standard InChI is InChI=1S/C17H29NO2/c1-5-13-12-9-11-10-17(12,7-8-20-13)15(16(11,3)4)18-14(19)6-2/h11-13,15H,5-10H2,1-4H3,(H,18,19)/t11-,12-,13-,15+,17-/m1/s1. The summed E-state index contributed by atoms with van der Waals surface area (Å²) in [6.45, 7) is 9.78. The summed E-state index contributed by atoms with van der Waals surface area (Å²) >= 11 is 0. The summed E-state index contributed by atoms with van der Waals surface area (Å²) in [7, 11) is 0. The Bertz CT molecular complexity index is 406. The van der Waals surface area contributed by atoms with Crippen LogP contribution in [0.3, 0.4) is 0 Å². The van der Waals surface area contributed by atoms with Crippen molar-refractivity contribution in [2.75, 3.05) is 6.61 Å². The minimum atomic E-state index is 0.211. The maximum Gasteiger partial charge on any atom is 0.219 e. The minimum Gasteiger partial charge on any atom is -0.378 e. The van der Waals surface area contributed by atoms with E-state index in [1.165, 1.54) is 12.8 Å². The van der Waals surface area contributed by atoms with Crippen molar-refractivity contribution in [3.8, 4) is 0 Å². The highest BCUT2D eigenvalue weighted by Gasteiger charge is 2.68. The first-order valence-electron chi connectivity index (χ1n) is 8.36. The average Bonchev–Trinajstić information content (AvgIpc) is 2.91. The van der Waals surface area contributed by atoms with Gasteiger partial charge in [-0.15, -0.1) is 0 Å². The van der Waals surface area contributed by atoms with Crippen LogP contribution in [-0.2, 0) is 9.53 Å². The van der Waals surface area contributed by atoms with E-state index >= 15 is 0 Å². The van der Waals surface area contributed by atoms with Crippen LogP contribution in [0.25, 0.3) is 0 Å². The molecule has 0 aromatic carbocycles. The van der Waals surface area contributed by atoms with E-state index in [0.29, 0.717) is 29.9 Å². The van der Waals surface area contributed by atoms with Gasteiger partial charge in [-0.1, -0.05) is 27.7 Å². The second-order valence-electron chi connectivity index (χ2n) is 7.72. The summed E-state index contributed by atoms with van der Waals surface area (Å²) in [4.78, 5) is 12.0. The van der Waals surface area contributed by atoms with Crippen molar-refractivity contribution in [3.05, 3.63) is 0 Å². The molecule has 0 aromatic rings. The van der Waals surface area contributed by atoms with Crippen LogP contribution in [0.15, 0.2) is 0 Å². The van der Waals surface area contributed by atoms with Gasteiger partial charge >= 0.3 is 0 Å². The molecule has 1 N–H and O–H groups in total. The molecule has 1 heterocycles. The van der Waals surface area contributed by atoms with Gasteiger partial charge in [-0.05, 0) is 48.3 Å². The number of carbonyl (C=O) groups excluding carboxylic acids is 1. The maximum absolute atomic E-state index is 12.0. The molecule has 1 saturated heterocycles. The Labute approximate surface area is 122 Å². The molecule has 20 heavy (non-hydrogen) atoms. The topological polar surface area (TPSA) is 38.3 Å². The van der Waals surface area contributed by atoms with Crippen LogP contribution >= 0.6 is 0 Å². The van der Waals surface area contributed by atoms with E-state index in [0.717, 1.165) is 25.4 Å². The highest BCUT2D eigenvalue weighted by atomic mass is 16.5. The summed E-state index contributed by atoms with van der Waals surface area (Å²) in [5.41, 5.74) is 0.537. The molecule has 3 rings (SSSR count).